The molecule has 0 spiro atoms. The fourth-order valence-electron chi connectivity index (χ4n) is 3.91. The van der Waals surface area contributed by atoms with E-state index in [4.69, 9.17) is 0 Å². The van der Waals surface area contributed by atoms with Gasteiger partial charge in [-0.05, 0) is 43.5 Å². The number of benzene rings is 1. The number of carbonyl (C=O) groups is 1. The van der Waals surface area contributed by atoms with Crippen LogP contribution in [0.2, 0.25) is 0 Å². The molecule has 0 aliphatic carbocycles. The van der Waals surface area contributed by atoms with Crippen LogP contribution in [0.15, 0.2) is 60.9 Å². The van der Waals surface area contributed by atoms with Gasteiger partial charge in [0.1, 0.15) is 0 Å². The Hall–Kier alpha value is -2.99. The van der Waals surface area contributed by atoms with Crippen molar-refractivity contribution in [2.24, 2.45) is 0 Å². The molecule has 1 amide bonds. The Kier molecular flexibility index (Phi) is 6.00. The van der Waals surface area contributed by atoms with Crippen LogP contribution in [-0.2, 0) is 13.0 Å². The van der Waals surface area contributed by atoms with E-state index in [0.29, 0.717) is 5.56 Å². The van der Waals surface area contributed by atoms with E-state index < -0.39 is 0 Å². The van der Waals surface area contributed by atoms with Gasteiger partial charge in [-0.3, -0.25) is 14.7 Å². The van der Waals surface area contributed by atoms with Gasteiger partial charge >= 0.3 is 0 Å². The topological polar surface area (TPSA) is 63.1 Å². The summed E-state index contributed by atoms with van der Waals surface area (Å²) in [6.07, 6.45) is 6.18. The molecule has 0 bridgehead atoms. The first kappa shape index (κ1) is 19.3. The van der Waals surface area contributed by atoms with Crippen LogP contribution in [0.5, 0.6) is 0 Å². The summed E-state index contributed by atoms with van der Waals surface area (Å²) in [5.41, 5.74) is 3.69. The van der Waals surface area contributed by atoms with Crippen molar-refractivity contribution in [3.05, 3.63) is 77.9 Å². The Morgan fingerprint density at radius 1 is 1.10 bits per heavy atom. The third-order valence-corrected chi connectivity index (χ3v) is 5.48. The number of carbonyl (C=O) groups excluding carboxylic acids is 1. The zero-order valence-corrected chi connectivity index (χ0v) is 16.8. The molecule has 3 heterocycles. The highest BCUT2D eigenvalue weighted by Gasteiger charge is 2.24. The van der Waals surface area contributed by atoms with Gasteiger partial charge in [0.05, 0.1) is 28.8 Å². The Labute approximate surface area is 171 Å². The van der Waals surface area contributed by atoms with Crippen LogP contribution in [0.1, 0.15) is 41.5 Å². The molecule has 1 fully saturated rings. The van der Waals surface area contributed by atoms with Crippen LogP contribution in [0.4, 0.5) is 0 Å². The number of hydrogen-bond donors (Lipinski definition) is 1. The predicted molar refractivity (Wildman–Crippen MR) is 113 cm³/mol. The first-order valence-electron chi connectivity index (χ1n) is 10.3. The van der Waals surface area contributed by atoms with Gasteiger partial charge < -0.3 is 5.32 Å². The number of piperidine rings is 1. The van der Waals surface area contributed by atoms with E-state index in [2.05, 4.69) is 33.3 Å². The first-order valence-corrected chi connectivity index (χ1v) is 10.3. The number of rotatable bonds is 6. The van der Waals surface area contributed by atoms with Gasteiger partial charge in [-0.2, -0.15) is 5.10 Å². The summed E-state index contributed by atoms with van der Waals surface area (Å²) in [6, 6.07) is 16.2. The Balaban J connectivity index is 1.36. The van der Waals surface area contributed by atoms with Crippen LogP contribution >= 0.6 is 0 Å². The average Bonchev–Trinajstić information content (AvgIpc) is 3.21. The maximum atomic E-state index is 12.9. The van der Waals surface area contributed by atoms with Crippen molar-refractivity contribution in [1.82, 2.24) is 25.0 Å². The minimum atomic E-state index is -0.0211. The lowest BCUT2D eigenvalue weighted by Gasteiger charge is -2.32. The number of nitrogens with one attached hydrogen (secondary N) is 1. The van der Waals surface area contributed by atoms with Crippen LogP contribution < -0.4 is 5.32 Å². The second-order valence-corrected chi connectivity index (χ2v) is 7.45. The van der Waals surface area contributed by atoms with E-state index in [0.717, 1.165) is 56.0 Å². The third-order valence-electron chi connectivity index (χ3n) is 5.48. The molecule has 1 N–H and O–H groups in total. The van der Waals surface area contributed by atoms with Crippen molar-refractivity contribution in [3.63, 3.8) is 0 Å². The summed E-state index contributed by atoms with van der Waals surface area (Å²) in [4.78, 5) is 19.7. The van der Waals surface area contributed by atoms with E-state index in [1.807, 2.05) is 53.3 Å². The molecule has 0 unspecified atom stereocenters. The van der Waals surface area contributed by atoms with Gasteiger partial charge in [-0.15, -0.1) is 0 Å². The molecule has 4 rings (SSSR count). The normalized spacial score (nSPS) is 15.3. The Morgan fingerprint density at radius 3 is 2.55 bits per heavy atom. The van der Waals surface area contributed by atoms with E-state index in [9.17, 15) is 4.79 Å². The fraction of sp³-hybridized carbons (Fsp3) is 0.348. The van der Waals surface area contributed by atoms with E-state index in [1.54, 1.807) is 6.20 Å². The summed E-state index contributed by atoms with van der Waals surface area (Å²) in [5, 5.41) is 7.70. The SMILES string of the molecule is CCc1c(C(=O)NC2CCN(Cc3ccccn3)CC2)cnn1-c1ccccc1. The summed E-state index contributed by atoms with van der Waals surface area (Å²) in [7, 11) is 0. The lowest BCUT2D eigenvalue weighted by Crippen LogP contribution is -2.44. The van der Waals surface area contributed by atoms with Gasteiger partial charge in [0.15, 0.2) is 0 Å². The molecule has 0 saturated carbocycles. The van der Waals surface area contributed by atoms with Crippen molar-refractivity contribution >= 4 is 5.91 Å². The molecule has 150 valence electrons. The van der Waals surface area contributed by atoms with Gasteiger partial charge in [-0.25, -0.2) is 4.68 Å². The van der Waals surface area contributed by atoms with Crippen molar-refractivity contribution in [2.45, 2.75) is 38.8 Å². The number of para-hydroxylation sites is 1. The van der Waals surface area contributed by atoms with Crippen molar-refractivity contribution in [1.29, 1.82) is 0 Å². The average molecular weight is 390 g/mol. The standard InChI is InChI=1S/C23H27N5O/c1-2-22-21(16-25-28(22)20-9-4-3-5-10-20)23(29)26-18-11-14-27(15-12-18)17-19-8-6-7-13-24-19/h3-10,13,16,18H,2,11-12,14-15,17H2,1H3,(H,26,29). The number of amides is 1. The molecule has 29 heavy (non-hydrogen) atoms. The molecular formula is C23H27N5O. The number of hydrogen-bond acceptors (Lipinski definition) is 4. The van der Waals surface area contributed by atoms with Crippen LogP contribution in [-0.4, -0.2) is 44.7 Å². The van der Waals surface area contributed by atoms with Crippen LogP contribution in [0, 0.1) is 0 Å². The van der Waals surface area contributed by atoms with Crippen molar-refractivity contribution in [2.75, 3.05) is 13.1 Å². The monoisotopic (exact) mass is 389 g/mol. The largest absolute Gasteiger partial charge is 0.349 e. The fourth-order valence-corrected chi connectivity index (χ4v) is 3.91. The zero-order valence-electron chi connectivity index (χ0n) is 16.8. The second kappa shape index (κ2) is 9.01. The minimum absolute atomic E-state index is 0.0211. The molecule has 1 aliphatic rings. The molecule has 2 aromatic heterocycles. The van der Waals surface area contributed by atoms with Gasteiger partial charge in [0, 0.05) is 31.9 Å². The summed E-state index contributed by atoms with van der Waals surface area (Å²) < 4.78 is 1.87. The third kappa shape index (κ3) is 4.54. The first-order chi connectivity index (χ1) is 14.2. The number of nitrogens with zero attached hydrogens (tertiary/aromatic N) is 4. The molecular weight excluding hydrogens is 362 g/mol. The van der Waals surface area contributed by atoms with E-state index in [1.165, 1.54) is 0 Å². The molecule has 0 radical (unpaired) electrons. The Morgan fingerprint density at radius 2 is 1.86 bits per heavy atom. The summed E-state index contributed by atoms with van der Waals surface area (Å²) in [5.74, 6) is -0.0211. The molecule has 0 atom stereocenters. The molecule has 1 aromatic carbocycles. The summed E-state index contributed by atoms with van der Waals surface area (Å²) in [6.45, 7) is 4.85. The second-order valence-electron chi connectivity index (χ2n) is 7.45. The highest BCUT2D eigenvalue weighted by Crippen LogP contribution is 2.18. The Bertz CT molecular complexity index is 930. The van der Waals surface area contributed by atoms with E-state index >= 15 is 0 Å². The van der Waals surface area contributed by atoms with Crippen LogP contribution in [0.25, 0.3) is 5.69 Å². The maximum Gasteiger partial charge on any atom is 0.254 e. The molecule has 3 aromatic rings. The molecule has 6 nitrogen and oxygen atoms in total. The lowest BCUT2D eigenvalue weighted by molar-refractivity contribution is 0.0907. The molecule has 1 aliphatic heterocycles. The molecule has 1 saturated heterocycles. The number of likely N-dealkylation sites (tertiary alicyclic amines) is 1. The van der Waals surface area contributed by atoms with Gasteiger partial charge in [0.25, 0.3) is 5.91 Å². The van der Waals surface area contributed by atoms with Crippen LogP contribution in [0.3, 0.4) is 0 Å². The summed E-state index contributed by atoms with van der Waals surface area (Å²) >= 11 is 0. The smallest absolute Gasteiger partial charge is 0.254 e. The minimum Gasteiger partial charge on any atom is -0.349 e. The van der Waals surface area contributed by atoms with Gasteiger partial charge in [0.2, 0.25) is 0 Å². The molecule has 6 heteroatoms. The predicted octanol–water partition coefficient (Wildman–Crippen LogP) is 3.22. The highest BCUT2D eigenvalue weighted by molar-refractivity contribution is 5.95. The number of pyridine rings is 1. The van der Waals surface area contributed by atoms with Crippen molar-refractivity contribution < 1.29 is 4.79 Å². The zero-order chi connectivity index (χ0) is 20.1. The van der Waals surface area contributed by atoms with Gasteiger partial charge in [-0.1, -0.05) is 31.2 Å². The maximum absolute atomic E-state index is 12.9. The number of aromatic nitrogens is 3. The van der Waals surface area contributed by atoms with E-state index in [-0.39, 0.29) is 11.9 Å². The highest BCUT2D eigenvalue weighted by atomic mass is 16.1. The van der Waals surface area contributed by atoms with Crippen molar-refractivity contribution in [3.8, 4) is 5.69 Å². The quantitative estimate of drug-likeness (QED) is 0.703. The lowest BCUT2D eigenvalue weighted by atomic mass is 10.0.